The number of nitrogens with one attached hydrogen (secondary N) is 1. The van der Waals surface area contributed by atoms with E-state index in [0.717, 1.165) is 26.7 Å². The van der Waals surface area contributed by atoms with Gasteiger partial charge in [-0.15, -0.1) is 22.7 Å². The number of anilines is 1. The Hall–Kier alpha value is -1.59. The minimum absolute atomic E-state index is 0.373. The van der Waals surface area contributed by atoms with Gasteiger partial charge in [-0.1, -0.05) is 0 Å². The van der Waals surface area contributed by atoms with Gasteiger partial charge in [0.25, 0.3) is 10.0 Å². The molecule has 28 heavy (non-hydrogen) atoms. The normalized spacial score (nSPS) is 16.0. The number of fused-ring (bicyclic) bond motifs is 1. The summed E-state index contributed by atoms with van der Waals surface area (Å²) in [6.07, 6.45) is 0. The second-order valence-electron chi connectivity index (χ2n) is 6.67. The number of sulfonamides is 1. The van der Waals surface area contributed by atoms with Crippen molar-refractivity contribution < 1.29 is 13.2 Å². The first kappa shape index (κ1) is 19.7. The monoisotopic (exact) mass is 438 g/mol. The minimum Gasteiger partial charge on any atom is -0.379 e. The van der Waals surface area contributed by atoms with Crippen molar-refractivity contribution in [1.29, 1.82) is 0 Å². The fraction of sp³-hybridized carbons (Fsp3) is 0.444. The Labute approximate surface area is 172 Å². The van der Waals surface area contributed by atoms with E-state index in [-0.39, 0.29) is 0 Å². The quantitative estimate of drug-likeness (QED) is 0.658. The van der Waals surface area contributed by atoms with Crippen LogP contribution in [-0.4, -0.2) is 49.0 Å². The lowest BCUT2D eigenvalue weighted by Crippen LogP contribution is -2.40. The molecule has 1 aliphatic rings. The highest BCUT2D eigenvalue weighted by Gasteiger charge is 2.27. The SMILES string of the molecule is Cc1nc(NCc2ccc(S(=O)(=O)N3CCOCC3)s2)c2c(C)c(C)sc2n1. The maximum absolute atomic E-state index is 12.8. The third-order valence-electron chi connectivity index (χ3n) is 4.77. The van der Waals surface area contributed by atoms with Gasteiger partial charge in [-0.3, -0.25) is 0 Å². The Morgan fingerprint density at radius 1 is 1.14 bits per heavy atom. The van der Waals surface area contributed by atoms with E-state index in [1.165, 1.54) is 26.1 Å². The molecule has 150 valence electrons. The number of aromatic nitrogens is 2. The fourth-order valence-electron chi connectivity index (χ4n) is 3.16. The molecule has 0 radical (unpaired) electrons. The van der Waals surface area contributed by atoms with Crippen molar-refractivity contribution in [3.63, 3.8) is 0 Å². The third-order valence-corrected chi connectivity index (χ3v) is 9.32. The Kier molecular flexibility index (Phi) is 5.41. The minimum atomic E-state index is -3.45. The van der Waals surface area contributed by atoms with Crippen molar-refractivity contribution in [1.82, 2.24) is 14.3 Å². The van der Waals surface area contributed by atoms with Crippen molar-refractivity contribution in [2.75, 3.05) is 31.6 Å². The lowest BCUT2D eigenvalue weighted by molar-refractivity contribution is 0.0731. The largest absolute Gasteiger partial charge is 0.379 e. The van der Waals surface area contributed by atoms with Gasteiger partial charge in [0, 0.05) is 22.8 Å². The van der Waals surface area contributed by atoms with Crippen LogP contribution in [0, 0.1) is 20.8 Å². The van der Waals surface area contributed by atoms with Crippen LogP contribution in [0.3, 0.4) is 0 Å². The highest BCUT2D eigenvalue weighted by Crippen LogP contribution is 2.34. The zero-order valence-corrected chi connectivity index (χ0v) is 18.4. The van der Waals surface area contributed by atoms with E-state index in [4.69, 9.17) is 4.74 Å². The van der Waals surface area contributed by atoms with Gasteiger partial charge < -0.3 is 10.1 Å². The predicted octanol–water partition coefficient (Wildman–Crippen LogP) is 3.31. The van der Waals surface area contributed by atoms with Crippen LogP contribution < -0.4 is 5.32 Å². The molecule has 0 bridgehead atoms. The van der Waals surface area contributed by atoms with Gasteiger partial charge in [0.2, 0.25) is 0 Å². The highest BCUT2D eigenvalue weighted by molar-refractivity contribution is 7.91. The maximum Gasteiger partial charge on any atom is 0.252 e. The summed E-state index contributed by atoms with van der Waals surface area (Å²) in [5, 5.41) is 4.43. The Morgan fingerprint density at radius 2 is 1.89 bits per heavy atom. The molecule has 0 atom stereocenters. The van der Waals surface area contributed by atoms with E-state index in [0.29, 0.717) is 37.1 Å². The summed E-state index contributed by atoms with van der Waals surface area (Å²) in [6.45, 7) is 8.27. The first-order valence-corrected chi connectivity index (χ1v) is 12.1. The summed E-state index contributed by atoms with van der Waals surface area (Å²) >= 11 is 2.97. The van der Waals surface area contributed by atoms with E-state index in [1.807, 2.05) is 13.0 Å². The van der Waals surface area contributed by atoms with Crippen LogP contribution in [0.15, 0.2) is 16.3 Å². The van der Waals surface area contributed by atoms with Gasteiger partial charge >= 0.3 is 0 Å². The van der Waals surface area contributed by atoms with E-state index in [9.17, 15) is 8.42 Å². The van der Waals surface area contributed by atoms with Crippen LogP contribution in [0.25, 0.3) is 10.2 Å². The number of morpholine rings is 1. The second-order valence-corrected chi connectivity index (χ2v) is 11.2. The second kappa shape index (κ2) is 7.68. The molecular formula is C18H22N4O3S3. The molecule has 4 rings (SSSR count). The van der Waals surface area contributed by atoms with Crippen molar-refractivity contribution in [3.8, 4) is 0 Å². The molecule has 1 N–H and O–H groups in total. The fourth-order valence-corrected chi connectivity index (χ4v) is 7.09. The summed E-state index contributed by atoms with van der Waals surface area (Å²) in [6, 6.07) is 3.55. The number of aryl methyl sites for hydroxylation is 3. The molecule has 3 aromatic heterocycles. The molecule has 1 aliphatic heterocycles. The predicted molar refractivity (Wildman–Crippen MR) is 113 cm³/mol. The molecule has 7 nitrogen and oxygen atoms in total. The van der Waals surface area contributed by atoms with E-state index < -0.39 is 10.0 Å². The molecular weight excluding hydrogens is 416 g/mol. The molecule has 0 saturated carbocycles. The number of ether oxygens (including phenoxy) is 1. The first-order chi connectivity index (χ1) is 13.4. The van der Waals surface area contributed by atoms with Crippen LogP contribution in [0.5, 0.6) is 0 Å². The zero-order chi connectivity index (χ0) is 19.9. The summed E-state index contributed by atoms with van der Waals surface area (Å²) in [7, 11) is -3.45. The molecule has 0 amide bonds. The molecule has 1 fully saturated rings. The number of nitrogens with zero attached hydrogens (tertiary/aromatic N) is 3. The van der Waals surface area contributed by atoms with Crippen LogP contribution in [-0.2, 0) is 21.3 Å². The molecule has 0 unspecified atom stereocenters. The summed E-state index contributed by atoms with van der Waals surface area (Å²) < 4.78 is 32.7. The standard InChI is InChI=1S/C18H22N4O3S3/c1-11-12(2)26-18-16(11)17(20-13(3)21-18)19-10-14-4-5-15(27-14)28(23,24)22-6-8-25-9-7-22/h4-5H,6-10H2,1-3H3,(H,19,20,21). The first-order valence-electron chi connectivity index (χ1n) is 9.01. The van der Waals surface area contributed by atoms with Gasteiger partial charge in [-0.2, -0.15) is 4.31 Å². The third kappa shape index (κ3) is 3.67. The van der Waals surface area contributed by atoms with Crippen molar-refractivity contribution in [2.24, 2.45) is 0 Å². The topological polar surface area (TPSA) is 84.4 Å². The van der Waals surface area contributed by atoms with Gasteiger partial charge in [0.05, 0.1) is 25.1 Å². The van der Waals surface area contributed by atoms with Crippen LogP contribution in [0.4, 0.5) is 5.82 Å². The van der Waals surface area contributed by atoms with Crippen molar-refractivity contribution >= 4 is 48.7 Å². The Morgan fingerprint density at radius 3 is 2.64 bits per heavy atom. The van der Waals surface area contributed by atoms with E-state index in [2.05, 4.69) is 29.1 Å². The lowest BCUT2D eigenvalue weighted by Gasteiger charge is -2.25. The molecule has 4 heterocycles. The van der Waals surface area contributed by atoms with Crippen LogP contribution in [0.2, 0.25) is 0 Å². The summed E-state index contributed by atoms with van der Waals surface area (Å²) in [4.78, 5) is 12.3. The van der Waals surface area contributed by atoms with Gasteiger partial charge in [-0.25, -0.2) is 18.4 Å². The molecule has 0 aromatic carbocycles. The maximum atomic E-state index is 12.8. The van der Waals surface area contributed by atoms with E-state index in [1.54, 1.807) is 17.4 Å². The number of rotatable bonds is 5. The summed E-state index contributed by atoms with van der Waals surface area (Å²) in [5.74, 6) is 1.52. The lowest BCUT2D eigenvalue weighted by atomic mass is 10.2. The Balaban J connectivity index is 1.55. The average molecular weight is 439 g/mol. The molecule has 0 spiro atoms. The molecule has 10 heteroatoms. The van der Waals surface area contributed by atoms with Gasteiger partial charge in [0.1, 0.15) is 20.7 Å². The number of hydrogen-bond acceptors (Lipinski definition) is 8. The highest BCUT2D eigenvalue weighted by atomic mass is 32.2. The van der Waals surface area contributed by atoms with Crippen molar-refractivity contribution in [3.05, 3.63) is 33.3 Å². The summed E-state index contributed by atoms with van der Waals surface area (Å²) in [5.41, 5.74) is 1.18. The van der Waals surface area contributed by atoms with E-state index >= 15 is 0 Å². The van der Waals surface area contributed by atoms with Crippen LogP contribution >= 0.6 is 22.7 Å². The van der Waals surface area contributed by atoms with Crippen molar-refractivity contribution in [2.45, 2.75) is 31.5 Å². The number of hydrogen-bond donors (Lipinski definition) is 1. The van der Waals surface area contributed by atoms with Gasteiger partial charge in [-0.05, 0) is 38.5 Å². The van der Waals surface area contributed by atoms with Gasteiger partial charge in [0.15, 0.2) is 0 Å². The molecule has 1 saturated heterocycles. The smallest absolute Gasteiger partial charge is 0.252 e. The zero-order valence-electron chi connectivity index (χ0n) is 16.0. The Bertz CT molecular complexity index is 1110. The molecule has 0 aliphatic carbocycles. The van der Waals surface area contributed by atoms with Crippen LogP contribution in [0.1, 0.15) is 21.1 Å². The number of thiophene rings is 2. The molecule has 3 aromatic rings. The average Bonchev–Trinajstić information content (AvgIpc) is 3.26.